The summed E-state index contributed by atoms with van der Waals surface area (Å²) in [6, 6.07) is 0. The maximum atomic E-state index is 10.4. The lowest BCUT2D eigenvalue weighted by Gasteiger charge is -1.97. The van der Waals surface area contributed by atoms with Crippen molar-refractivity contribution in [3.8, 4) is 0 Å². The molecule has 0 aliphatic heterocycles. The molecule has 0 N–H and O–H groups in total. The van der Waals surface area contributed by atoms with E-state index in [-0.39, 0.29) is 5.92 Å². The van der Waals surface area contributed by atoms with Gasteiger partial charge in [-0.3, -0.25) is 0 Å². The number of hydrogen-bond acceptors (Lipinski definition) is 3. The Kier molecular flexibility index (Phi) is 2.37. The smallest absolute Gasteiger partial charge is 0.161 e. The van der Waals surface area contributed by atoms with E-state index in [2.05, 4.69) is 12.1 Å². The van der Waals surface area contributed by atoms with Gasteiger partial charge >= 0.3 is 0 Å². The lowest BCUT2D eigenvalue weighted by Crippen LogP contribution is -2.09. The van der Waals surface area contributed by atoms with E-state index in [0.29, 0.717) is 12.7 Å². The molecule has 0 amide bonds. The van der Waals surface area contributed by atoms with E-state index in [1.807, 2.05) is 0 Å². The quantitative estimate of drug-likeness (QED) is 0.449. The summed E-state index contributed by atoms with van der Waals surface area (Å²) in [7, 11) is 0. The number of aldehydes is 1. The van der Waals surface area contributed by atoms with Gasteiger partial charge < -0.3 is 4.79 Å². The van der Waals surface area contributed by atoms with E-state index in [1.54, 1.807) is 0 Å². The van der Waals surface area contributed by atoms with Crippen molar-refractivity contribution in [3.05, 3.63) is 4.91 Å². The lowest BCUT2D eigenvalue weighted by molar-refractivity contribution is -0.109. The van der Waals surface area contributed by atoms with Crippen molar-refractivity contribution in [2.24, 2.45) is 11.1 Å². The Hall–Kier alpha value is -0.730. The molecule has 2 atom stereocenters. The first-order valence-corrected chi connectivity index (χ1v) is 4.10. The van der Waals surface area contributed by atoms with Crippen LogP contribution in [0.2, 0.25) is 0 Å². The first-order chi connectivity index (χ1) is 5.29. The predicted molar refractivity (Wildman–Crippen MR) is 42.2 cm³/mol. The summed E-state index contributed by atoms with van der Waals surface area (Å²) < 4.78 is 0. The van der Waals surface area contributed by atoms with E-state index in [9.17, 15) is 9.70 Å². The minimum absolute atomic E-state index is 0.248. The Morgan fingerprint density at radius 3 is 2.82 bits per heavy atom. The summed E-state index contributed by atoms with van der Waals surface area (Å²) in [6.07, 6.45) is 4.57. The zero-order valence-electron chi connectivity index (χ0n) is 6.75. The van der Waals surface area contributed by atoms with Crippen LogP contribution < -0.4 is 0 Å². The van der Waals surface area contributed by atoms with Crippen LogP contribution in [0.1, 0.15) is 32.6 Å². The van der Waals surface area contributed by atoms with Crippen molar-refractivity contribution in [2.75, 3.05) is 0 Å². The molecule has 0 bridgehead atoms. The second-order valence-electron chi connectivity index (χ2n) is 3.24. The Bertz CT molecular complexity index is 159. The summed E-state index contributed by atoms with van der Waals surface area (Å²) in [5, 5.41) is 2.87. The summed E-state index contributed by atoms with van der Waals surface area (Å²) >= 11 is 0. The van der Waals surface area contributed by atoms with Gasteiger partial charge in [0.15, 0.2) is 11.8 Å². The second kappa shape index (κ2) is 3.11. The number of nitrogens with zero attached hydrogens (tertiary/aromatic N) is 1. The van der Waals surface area contributed by atoms with Gasteiger partial charge in [0.05, 0.1) is 0 Å². The van der Waals surface area contributed by atoms with E-state index >= 15 is 0 Å². The first-order valence-electron chi connectivity index (χ1n) is 4.10. The molecule has 0 heterocycles. The van der Waals surface area contributed by atoms with Gasteiger partial charge in [-0.25, -0.2) is 0 Å². The van der Waals surface area contributed by atoms with Crippen molar-refractivity contribution in [1.82, 2.24) is 0 Å². The highest BCUT2D eigenvalue weighted by Crippen LogP contribution is 2.48. The number of rotatable bonds is 5. The van der Waals surface area contributed by atoms with E-state index in [4.69, 9.17) is 0 Å². The highest BCUT2D eigenvalue weighted by molar-refractivity contribution is 5.70. The Morgan fingerprint density at radius 1 is 1.73 bits per heavy atom. The molecule has 3 nitrogen and oxygen atoms in total. The summed E-state index contributed by atoms with van der Waals surface area (Å²) in [5.41, 5.74) is -0.810. The van der Waals surface area contributed by atoms with Gasteiger partial charge in [-0.2, -0.15) is 0 Å². The molecular formula is C8H13NO2. The molecule has 62 valence electrons. The van der Waals surface area contributed by atoms with Crippen molar-refractivity contribution in [2.45, 2.75) is 38.1 Å². The van der Waals surface area contributed by atoms with Crippen molar-refractivity contribution in [3.63, 3.8) is 0 Å². The molecule has 0 aromatic carbocycles. The molecule has 0 aromatic rings. The molecule has 1 aliphatic carbocycles. The van der Waals surface area contributed by atoms with E-state index < -0.39 is 5.54 Å². The van der Waals surface area contributed by atoms with Crippen molar-refractivity contribution >= 4 is 6.29 Å². The molecule has 0 radical (unpaired) electrons. The minimum Gasteiger partial charge on any atom is -0.301 e. The highest BCUT2D eigenvalue weighted by Gasteiger charge is 2.56. The SMILES string of the molecule is CCCCC1CC1(C=O)N=O. The fraction of sp³-hybridized carbons (Fsp3) is 0.875. The Balaban J connectivity index is 2.32. The Labute approximate surface area is 66.1 Å². The lowest BCUT2D eigenvalue weighted by atomic mass is 10.1. The monoisotopic (exact) mass is 155 g/mol. The fourth-order valence-corrected chi connectivity index (χ4v) is 1.42. The van der Waals surface area contributed by atoms with Crippen LogP contribution in [0.4, 0.5) is 0 Å². The van der Waals surface area contributed by atoms with Crippen LogP contribution >= 0.6 is 0 Å². The first kappa shape index (κ1) is 8.37. The summed E-state index contributed by atoms with van der Waals surface area (Å²) in [6.45, 7) is 2.10. The van der Waals surface area contributed by atoms with E-state index in [1.165, 1.54) is 0 Å². The number of unbranched alkanes of at least 4 members (excludes halogenated alkanes) is 1. The average molecular weight is 155 g/mol. The molecule has 2 unspecified atom stereocenters. The topological polar surface area (TPSA) is 46.5 Å². The summed E-state index contributed by atoms with van der Waals surface area (Å²) in [4.78, 5) is 20.6. The van der Waals surface area contributed by atoms with Crippen molar-refractivity contribution < 1.29 is 4.79 Å². The van der Waals surface area contributed by atoms with Gasteiger partial charge in [0.1, 0.15) is 0 Å². The zero-order valence-corrected chi connectivity index (χ0v) is 6.75. The van der Waals surface area contributed by atoms with E-state index in [0.717, 1.165) is 19.3 Å². The molecule has 1 rings (SSSR count). The third-order valence-corrected chi connectivity index (χ3v) is 2.40. The largest absolute Gasteiger partial charge is 0.301 e. The van der Waals surface area contributed by atoms with Gasteiger partial charge in [0.25, 0.3) is 0 Å². The summed E-state index contributed by atoms with van der Waals surface area (Å²) in [5.74, 6) is 0.248. The highest BCUT2D eigenvalue weighted by atomic mass is 16.3. The number of carbonyl (C=O) groups is 1. The maximum absolute atomic E-state index is 10.4. The molecule has 0 saturated heterocycles. The van der Waals surface area contributed by atoms with Gasteiger partial charge in [0.2, 0.25) is 0 Å². The minimum atomic E-state index is -0.810. The van der Waals surface area contributed by atoms with Crippen LogP contribution in [-0.2, 0) is 4.79 Å². The van der Waals surface area contributed by atoms with Crippen LogP contribution in [0.3, 0.4) is 0 Å². The Morgan fingerprint density at radius 2 is 2.45 bits per heavy atom. The molecule has 1 aliphatic rings. The molecule has 0 spiro atoms. The normalized spacial score (nSPS) is 34.8. The molecule has 1 fully saturated rings. The third-order valence-electron chi connectivity index (χ3n) is 2.40. The number of nitroso groups, excluding NO2 is 1. The standard InChI is InChI=1S/C8H13NO2/c1-2-3-4-7-5-8(7,6-10)9-11/h6-7H,2-5H2,1H3. The number of hydrogen-bond donors (Lipinski definition) is 0. The van der Waals surface area contributed by atoms with Gasteiger partial charge in [-0.1, -0.05) is 24.9 Å². The maximum Gasteiger partial charge on any atom is 0.161 e. The number of carbonyl (C=O) groups excluding carboxylic acids is 1. The van der Waals surface area contributed by atoms with Gasteiger partial charge in [-0.15, -0.1) is 4.91 Å². The van der Waals surface area contributed by atoms with Crippen molar-refractivity contribution in [1.29, 1.82) is 0 Å². The third kappa shape index (κ3) is 1.47. The van der Waals surface area contributed by atoms with Crippen LogP contribution in [0.15, 0.2) is 5.18 Å². The molecule has 3 heteroatoms. The molecule has 1 saturated carbocycles. The van der Waals surface area contributed by atoms with Gasteiger partial charge in [0, 0.05) is 0 Å². The van der Waals surface area contributed by atoms with Crippen LogP contribution in [0.25, 0.3) is 0 Å². The average Bonchev–Trinajstić information content (AvgIpc) is 2.76. The van der Waals surface area contributed by atoms with Crippen LogP contribution in [0, 0.1) is 10.8 Å². The van der Waals surface area contributed by atoms with Crippen LogP contribution in [0.5, 0.6) is 0 Å². The molecule has 0 aromatic heterocycles. The molecular weight excluding hydrogens is 142 g/mol. The van der Waals surface area contributed by atoms with Crippen LogP contribution in [-0.4, -0.2) is 11.8 Å². The zero-order chi connectivity index (χ0) is 8.32. The van der Waals surface area contributed by atoms with Gasteiger partial charge in [-0.05, 0) is 18.8 Å². The fourth-order valence-electron chi connectivity index (χ4n) is 1.42. The molecule has 11 heavy (non-hydrogen) atoms. The second-order valence-corrected chi connectivity index (χ2v) is 3.24. The predicted octanol–water partition coefficient (Wildman–Crippen LogP) is 1.90.